The Morgan fingerprint density at radius 3 is 2.36 bits per heavy atom. The summed E-state index contributed by atoms with van der Waals surface area (Å²) in [6.07, 6.45) is 3.16. The minimum absolute atomic E-state index is 0.0523. The lowest BCUT2D eigenvalue weighted by molar-refractivity contribution is -0.148. The first-order valence-electron chi connectivity index (χ1n) is 9.44. The molecule has 2 aliphatic heterocycles. The number of rotatable bonds is 5. The molecule has 3 rings (SSSR count). The molecule has 136 valence electrons. The summed E-state index contributed by atoms with van der Waals surface area (Å²) >= 11 is 0. The van der Waals surface area contributed by atoms with Gasteiger partial charge in [0, 0.05) is 19.6 Å². The SMILES string of the molecule is CCC(C(=O)N1CCN(Cc2ccc(C)cc2)C(=O)C1)N1CCCC1. The number of carbonyl (C=O) groups is 2. The molecular formula is C20H29N3O2. The van der Waals surface area contributed by atoms with Gasteiger partial charge in [-0.2, -0.15) is 0 Å². The molecule has 2 amide bonds. The van der Waals surface area contributed by atoms with E-state index in [0.29, 0.717) is 19.6 Å². The van der Waals surface area contributed by atoms with E-state index in [1.165, 1.54) is 18.4 Å². The zero-order chi connectivity index (χ0) is 17.8. The molecule has 0 N–H and O–H groups in total. The monoisotopic (exact) mass is 343 g/mol. The molecule has 2 heterocycles. The van der Waals surface area contributed by atoms with Crippen molar-refractivity contribution in [1.29, 1.82) is 0 Å². The minimum Gasteiger partial charge on any atom is -0.335 e. The van der Waals surface area contributed by atoms with Crippen molar-refractivity contribution >= 4 is 11.8 Å². The van der Waals surface area contributed by atoms with E-state index in [2.05, 4.69) is 43.0 Å². The van der Waals surface area contributed by atoms with Gasteiger partial charge in [0.25, 0.3) is 0 Å². The van der Waals surface area contributed by atoms with Gasteiger partial charge < -0.3 is 9.80 Å². The highest BCUT2D eigenvalue weighted by molar-refractivity contribution is 5.88. The summed E-state index contributed by atoms with van der Waals surface area (Å²) in [7, 11) is 0. The highest BCUT2D eigenvalue weighted by Gasteiger charge is 2.34. The second-order valence-corrected chi connectivity index (χ2v) is 7.23. The van der Waals surface area contributed by atoms with Crippen LogP contribution < -0.4 is 0 Å². The number of benzene rings is 1. The van der Waals surface area contributed by atoms with Crippen LogP contribution in [0.5, 0.6) is 0 Å². The van der Waals surface area contributed by atoms with E-state index < -0.39 is 0 Å². The van der Waals surface area contributed by atoms with Crippen LogP contribution in [0.4, 0.5) is 0 Å². The fourth-order valence-corrected chi connectivity index (χ4v) is 3.83. The van der Waals surface area contributed by atoms with Gasteiger partial charge in [0.1, 0.15) is 0 Å². The normalized spacial score (nSPS) is 20.2. The summed E-state index contributed by atoms with van der Waals surface area (Å²) in [4.78, 5) is 31.3. The van der Waals surface area contributed by atoms with Crippen molar-refractivity contribution in [3.8, 4) is 0 Å². The first kappa shape index (κ1) is 17.9. The Balaban J connectivity index is 1.57. The molecule has 5 nitrogen and oxygen atoms in total. The summed E-state index contributed by atoms with van der Waals surface area (Å²) in [5.74, 6) is 0.184. The number of likely N-dealkylation sites (tertiary alicyclic amines) is 1. The van der Waals surface area contributed by atoms with Crippen LogP contribution in [0.25, 0.3) is 0 Å². The first-order chi connectivity index (χ1) is 12.1. The van der Waals surface area contributed by atoms with Gasteiger partial charge in [0.2, 0.25) is 11.8 Å². The molecule has 2 fully saturated rings. The lowest BCUT2D eigenvalue weighted by Gasteiger charge is -2.37. The Labute approximate surface area is 150 Å². The molecule has 0 aliphatic carbocycles. The quantitative estimate of drug-likeness (QED) is 0.822. The first-order valence-corrected chi connectivity index (χ1v) is 9.44. The van der Waals surface area contributed by atoms with E-state index in [4.69, 9.17) is 0 Å². The maximum Gasteiger partial charge on any atom is 0.242 e. The molecule has 0 bridgehead atoms. The fourth-order valence-electron chi connectivity index (χ4n) is 3.83. The summed E-state index contributed by atoms with van der Waals surface area (Å²) in [5, 5.41) is 0. The van der Waals surface area contributed by atoms with Crippen LogP contribution in [-0.2, 0) is 16.1 Å². The second kappa shape index (κ2) is 8.00. The Morgan fingerprint density at radius 2 is 1.76 bits per heavy atom. The molecule has 0 spiro atoms. The van der Waals surface area contributed by atoms with Gasteiger partial charge in [-0.05, 0) is 44.8 Å². The maximum atomic E-state index is 12.9. The molecule has 5 heteroatoms. The van der Waals surface area contributed by atoms with Gasteiger partial charge in [0.15, 0.2) is 0 Å². The molecule has 0 radical (unpaired) electrons. The molecule has 0 saturated carbocycles. The highest BCUT2D eigenvalue weighted by atomic mass is 16.2. The summed E-state index contributed by atoms with van der Waals surface area (Å²) in [6, 6.07) is 8.23. The largest absolute Gasteiger partial charge is 0.335 e. The van der Waals surface area contributed by atoms with Gasteiger partial charge in [0.05, 0.1) is 12.6 Å². The Kier molecular flexibility index (Phi) is 5.74. The third kappa shape index (κ3) is 4.21. The molecule has 25 heavy (non-hydrogen) atoms. The molecule has 0 aromatic heterocycles. The van der Waals surface area contributed by atoms with E-state index in [1.54, 1.807) is 4.90 Å². The fraction of sp³-hybridized carbons (Fsp3) is 0.600. The average molecular weight is 343 g/mol. The minimum atomic E-state index is -0.0565. The van der Waals surface area contributed by atoms with Crippen LogP contribution in [0.15, 0.2) is 24.3 Å². The predicted molar refractivity (Wildman–Crippen MR) is 98.1 cm³/mol. The summed E-state index contributed by atoms with van der Waals surface area (Å²) < 4.78 is 0. The van der Waals surface area contributed by atoms with Crippen molar-refractivity contribution in [2.75, 3.05) is 32.7 Å². The van der Waals surface area contributed by atoms with E-state index in [1.807, 2.05) is 4.90 Å². The summed E-state index contributed by atoms with van der Waals surface area (Å²) in [5.41, 5.74) is 2.36. The van der Waals surface area contributed by atoms with E-state index in [0.717, 1.165) is 25.1 Å². The molecular weight excluding hydrogens is 314 g/mol. The number of hydrogen-bond donors (Lipinski definition) is 0. The molecule has 2 aliphatic rings. The van der Waals surface area contributed by atoms with E-state index in [9.17, 15) is 9.59 Å². The predicted octanol–water partition coefficient (Wildman–Crippen LogP) is 2.04. The molecule has 1 unspecified atom stereocenters. The number of aryl methyl sites for hydroxylation is 1. The van der Waals surface area contributed by atoms with Gasteiger partial charge in [-0.15, -0.1) is 0 Å². The van der Waals surface area contributed by atoms with Crippen molar-refractivity contribution in [3.05, 3.63) is 35.4 Å². The van der Waals surface area contributed by atoms with E-state index in [-0.39, 0.29) is 24.4 Å². The number of amides is 2. The van der Waals surface area contributed by atoms with Crippen molar-refractivity contribution < 1.29 is 9.59 Å². The van der Waals surface area contributed by atoms with Gasteiger partial charge in [-0.1, -0.05) is 36.8 Å². The lowest BCUT2D eigenvalue weighted by Crippen LogP contribution is -2.56. The van der Waals surface area contributed by atoms with Crippen LogP contribution in [0, 0.1) is 6.92 Å². The Bertz CT molecular complexity index is 608. The van der Waals surface area contributed by atoms with Gasteiger partial charge in [-0.25, -0.2) is 0 Å². The highest BCUT2D eigenvalue weighted by Crippen LogP contribution is 2.18. The summed E-state index contributed by atoms with van der Waals surface area (Å²) in [6.45, 7) is 8.24. The molecule has 1 aromatic carbocycles. The Morgan fingerprint density at radius 1 is 1.08 bits per heavy atom. The van der Waals surface area contributed by atoms with Crippen LogP contribution in [-0.4, -0.2) is 65.3 Å². The number of carbonyl (C=O) groups excluding carboxylic acids is 2. The van der Waals surface area contributed by atoms with Crippen molar-refractivity contribution in [2.24, 2.45) is 0 Å². The third-order valence-electron chi connectivity index (χ3n) is 5.38. The standard InChI is InChI=1S/C20H29N3O2/c1-3-18(21-10-4-5-11-21)20(25)23-13-12-22(19(24)15-23)14-17-8-6-16(2)7-9-17/h6-9,18H,3-5,10-15H2,1-2H3. The average Bonchev–Trinajstić information content (AvgIpc) is 3.13. The number of nitrogens with zero attached hydrogens (tertiary/aromatic N) is 3. The van der Waals surface area contributed by atoms with Crippen LogP contribution >= 0.6 is 0 Å². The molecule has 1 aromatic rings. The molecule has 1 atom stereocenters. The van der Waals surface area contributed by atoms with Crippen molar-refractivity contribution in [1.82, 2.24) is 14.7 Å². The van der Waals surface area contributed by atoms with Crippen molar-refractivity contribution in [2.45, 2.75) is 45.7 Å². The van der Waals surface area contributed by atoms with Gasteiger partial charge in [-0.3, -0.25) is 14.5 Å². The number of piperazine rings is 1. The molecule has 2 saturated heterocycles. The third-order valence-corrected chi connectivity index (χ3v) is 5.38. The zero-order valence-electron chi connectivity index (χ0n) is 15.4. The smallest absolute Gasteiger partial charge is 0.242 e. The maximum absolute atomic E-state index is 12.9. The van der Waals surface area contributed by atoms with E-state index >= 15 is 0 Å². The number of hydrogen-bond acceptors (Lipinski definition) is 3. The zero-order valence-corrected chi connectivity index (χ0v) is 15.4. The van der Waals surface area contributed by atoms with Gasteiger partial charge >= 0.3 is 0 Å². The van der Waals surface area contributed by atoms with Crippen molar-refractivity contribution in [3.63, 3.8) is 0 Å². The second-order valence-electron chi connectivity index (χ2n) is 7.23. The Hall–Kier alpha value is -1.88. The van der Waals surface area contributed by atoms with Crippen LogP contribution in [0.3, 0.4) is 0 Å². The van der Waals surface area contributed by atoms with Crippen LogP contribution in [0.2, 0.25) is 0 Å². The topological polar surface area (TPSA) is 43.9 Å². The van der Waals surface area contributed by atoms with Crippen LogP contribution in [0.1, 0.15) is 37.3 Å². The lowest BCUT2D eigenvalue weighted by atomic mass is 10.1.